The molecule has 0 spiro atoms. The first-order valence-corrected chi connectivity index (χ1v) is 7.33. The van der Waals surface area contributed by atoms with Crippen LogP contribution in [0, 0.1) is 12.8 Å². The molecule has 0 atom stereocenters. The number of rotatable bonds is 2. The first kappa shape index (κ1) is 13.8. The molecule has 3 rings (SSSR count). The lowest BCUT2D eigenvalue weighted by Gasteiger charge is -2.29. The van der Waals surface area contributed by atoms with E-state index in [0.717, 1.165) is 37.1 Å². The Morgan fingerprint density at radius 3 is 2.52 bits per heavy atom. The van der Waals surface area contributed by atoms with Gasteiger partial charge in [0.2, 0.25) is 5.89 Å². The quantitative estimate of drug-likeness (QED) is 0.851. The van der Waals surface area contributed by atoms with Gasteiger partial charge in [0.15, 0.2) is 0 Å². The molecule has 0 unspecified atom stereocenters. The number of carbonyl (C=O) groups is 1. The zero-order valence-electron chi connectivity index (χ0n) is 12.4. The summed E-state index contributed by atoms with van der Waals surface area (Å²) in [6.07, 6.45) is 2.06. The number of piperidine rings is 1. The van der Waals surface area contributed by atoms with Crippen molar-refractivity contribution in [3.05, 3.63) is 35.7 Å². The third kappa shape index (κ3) is 2.96. The molecule has 0 saturated carbocycles. The summed E-state index contributed by atoms with van der Waals surface area (Å²) in [5, 5.41) is 7.88. The highest BCUT2D eigenvalue weighted by Gasteiger charge is 2.25. The number of amides is 1. The van der Waals surface area contributed by atoms with E-state index in [9.17, 15) is 4.79 Å². The van der Waals surface area contributed by atoms with Gasteiger partial charge >= 0.3 is 11.8 Å². The molecule has 110 valence electrons. The average molecular weight is 285 g/mol. The van der Waals surface area contributed by atoms with Crippen LogP contribution < -0.4 is 0 Å². The van der Waals surface area contributed by atoms with Crippen molar-refractivity contribution >= 4 is 5.91 Å². The third-order valence-electron chi connectivity index (χ3n) is 3.98. The normalized spacial score (nSPS) is 16.2. The average Bonchev–Trinajstić information content (AvgIpc) is 2.98. The van der Waals surface area contributed by atoms with Crippen molar-refractivity contribution in [3.8, 4) is 11.5 Å². The maximum atomic E-state index is 12.3. The number of carbonyl (C=O) groups excluding carboxylic acids is 1. The molecule has 2 heterocycles. The molecular formula is C16H19N3O2. The van der Waals surface area contributed by atoms with E-state index in [0.29, 0.717) is 11.8 Å². The Hall–Kier alpha value is -2.17. The zero-order valence-corrected chi connectivity index (χ0v) is 12.4. The van der Waals surface area contributed by atoms with Gasteiger partial charge < -0.3 is 9.32 Å². The molecule has 1 fully saturated rings. The fourth-order valence-corrected chi connectivity index (χ4v) is 2.47. The van der Waals surface area contributed by atoms with Gasteiger partial charge in [-0.1, -0.05) is 24.6 Å². The second kappa shape index (κ2) is 5.68. The molecule has 1 aliphatic heterocycles. The Morgan fingerprint density at radius 1 is 1.19 bits per heavy atom. The van der Waals surface area contributed by atoms with Gasteiger partial charge in [-0.15, -0.1) is 10.2 Å². The number of hydrogen-bond donors (Lipinski definition) is 0. The molecule has 5 heteroatoms. The first-order valence-electron chi connectivity index (χ1n) is 7.33. The lowest BCUT2D eigenvalue weighted by molar-refractivity contribution is 0.0657. The Kier molecular flexibility index (Phi) is 3.73. The van der Waals surface area contributed by atoms with Gasteiger partial charge in [0, 0.05) is 18.7 Å². The molecule has 1 saturated heterocycles. The summed E-state index contributed by atoms with van der Waals surface area (Å²) in [6.45, 7) is 5.76. The predicted molar refractivity (Wildman–Crippen MR) is 78.8 cm³/mol. The standard InChI is InChI=1S/C16H19N3O2/c1-11-3-5-13(6-4-11)14-17-18-15(21-14)16(20)19-9-7-12(2)8-10-19/h3-6,12H,7-10H2,1-2H3. The molecule has 1 aromatic carbocycles. The number of nitrogens with zero attached hydrogens (tertiary/aromatic N) is 3. The highest BCUT2D eigenvalue weighted by molar-refractivity contribution is 5.89. The topological polar surface area (TPSA) is 59.2 Å². The Morgan fingerprint density at radius 2 is 1.86 bits per heavy atom. The number of hydrogen-bond acceptors (Lipinski definition) is 4. The van der Waals surface area contributed by atoms with Gasteiger partial charge in [-0.05, 0) is 37.8 Å². The molecule has 5 nitrogen and oxygen atoms in total. The summed E-state index contributed by atoms with van der Waals surface area (Å²) < 4.78 is 5.54. The van der Waals surface area contributed by atoms with E-state index in [2.05, 4.69) is 17.1 Å². The van der Waals surface area contributed by atoms with Crippen LogP contribution in [0.5, 0.6) is 0 Å². The summed E-state index contributed by atoms with van der Waals surface area (Å²) in [5.74, 6) is 0.997. The zero-order chi connectivity index (χ0) is 14.8. The molecule has 0 aliphatic carbocycles. The van der Waals surface area contributed by atoms with Crippen LogP contribution >= 0.6 is 0 Å². The van der Waals surface area contributed by atoms with Crippen molar-refractivity contribution < 1.29 is 9.21 Å². The van der Waals surface area contributed by atoms with E-state index >= 15 is 0 Å². The van der Waals surface area contributed by atoms with Gasteiger partial charge in [0.25, 0.3) is 0 Å². The van der Waals surface area contributed by atoms with Crippen molar-refractivity contribution in [2.45, 2.75) is 26.7 Å². The maximum Gasteiger partial charge on any atom is 0.311 e. The van der Waals surface area contributed by atoms with Crippen LogP contribution in [-0.4, -0.2) is 34.1 Å². The molecule has 1 amide bonds. The van der Waals surface area contributed by atoms with E-state index in [1.165, 1.54) is 0 Å². The van der Waals surface area contributed by atoms with Crippen molar-refractivity contribution in [2.24, 2.45) is 5.92 Å². The molecule has 1 aromatic heterocycles. The predicted octanol–water partition coefficient (Wildman–Crippen LogP) is 2.92. The van der Waals surface area contributed by atoms with Crippen LogP contribution in [0.2, 0.25) is 0 Å². The third-order valence-corrected chi connectivity index (χ3v) is 3.98. The van der Waals surface area contributed by atoms with Gasteiger partial charge in [0.1, 0.15) is 0 Å². The smallest absolute Gasteiger partial charge is 0.311 e. The van der Waals surface area contributed by atoms with Crippen molar-refractivity contribution in [1.82, 2.24) is 15.1 Å². The van der Waals surface area contributed by atoms with Crippen LogP contribution in [-0.2, 0) is 0 Å². The minimum Gasteiger partial charge on any atom is -0.412 e. The lowest BCUT2D eigenvalue weighted by Crippen LogP contribution is -2.38. The highest BCUT2D eigenvalue weighted by atomic mass is 16.4. The van der Waals surface area contributed by atoms with Gasteiger partial charge in [0.05, 0.1) is 0 Å². The van der Waals surface area contributed by atoms with Gasteiger partial charge in [-0.2, -0.15) is 0 Å². The van der Waals surface area contributed by atoms with E-state index in [-0.39, 0.29) is 11.8 Å². The van der Waals surface area contributed by atoms with Crippen LogP contribution in [0.1, 0.15) is 36.0 Å². The minimum atomic E-state index is -0.159. The molecular weight excluding hydrogens is 266 g/mol. The molecule has 0 radical (unpaired) electrons. The van der Waals surface area contributed by atoms with Crippen molar-refractivity contribution in [1.29, 1.82) is 0 Å². The SMILES string of the molecule is Cc1ccc(-c2nnc(C(=O)N3CCC(C)CC3)o2)cc1. The molecule has 0 N–H and O–H groups in total. The lowest BCUT2D eigenvalue weighted by atomic mass is 9.99. The second-order valence-electron chi connectivity index (χ2n) is 5.75. The molecule has 21 heavy (non-hydrogen) atoms. The molecule has 1 aliphatic rings. The highest BCUT2D eigenvalue weighted by Crippen LogP contribution is 2.21. The summed E-state index contributed by atoms with van der Waals surface area (Å²) in [4.78, 5) is 14.1. The number of likely N-dealkylation sites (tertiary alicyclic amines) is 1. The Labute approximate surface area is 124 Å². The summed E-state index contributed by atoms with van der Waals surface area (Å²) in [7, 11) is 0. The van der Waals surface area contributed by atoms with E-state index in [1.807, 2.05) is 31.2 Å². The minimum absolute atomic E-state index is 0.0835. The van der Waals surface area contributed by atoms with Gasteiger partial charge in [-0.3, -0.25) is 4.79 Å². The number of aromatic nitrogens is 2. The van der Waals surface area contributed by atoms with Crippen LogP contribution in [0.4, 0.5) is 0 Å². The number of benzene rings is 1. The Bertz CT molecular complexity index is 625. The van der Waals surface area contributed by atoms with E-state index in [1.54, 1.807) is 4.90 Å². The fourth-order valence-electron chi connectivity index (χ4n) is 2.47. The van der Waals surface area contributed by atoms with Crippen LogP contribution in [0.3, 0.4) is 0 Å². The largest absolute Gasteiger partial charge is 0.412 e. The molecule has 2 aromatic rings. The summed E-state index contributed by atoms with van der Waals surface area (Å²) in [6, 6.07) is 7.79. The molecule has 0 bridgehead atoms. The van der Waals surface area contributed by atoms with Crippen molar-refractivity contribution in [3.63, 3.8) is 0 Å². The first-order chi connectivity index (χ1) is 10.1. The fraction of sp³-hybridized carbons (Fsp3) is 0.438. The summed E-state index contributed by atoms with van der Waals surface area (Å²) in [5.41, 5.74) is 2.00. The van der Waals surface area contributed by atoms with Crippen LogP contribution in [0.25, 0.3) is 11.5 Å². The van der Waals surface area contributed by atoms with Gasteiger partial charge in [-0.25, -0.2) is 0 Å². The monoisotopic (exact) mass is 285 g/mol. The maximum absolute atomic E-state index is 12.3. The van der Waals surface area contributed by atoms with Crippen molar-refractivity contribution in [2.75, 3.05) is 13.1 Å². The second-order valence-corrected chi connectivity index (χ2v) is 5.75. The van der Waals surface area contributed by atoms with E-state index < -0.39 is 0 Å². The van der Waals surface area contributed by atoms with E-state index in [4.69, 9.17) is 4.42 Å². The number of aryl methyl sites for hydroxylation is 1. The summed E-state index contributed by atoms with van der Waals surface area (Å²) >= 11 is 0. The Balaban J connectivity index is 1.75. The van der Waals surface area contributed by atoms with Crippen LogP contribution in [0.15, 0.2) is 28.7 Å².